The molecule has 4 aromatic rings. The fourth-order valence-corrected chi connectivity index (χ4v) is 6.78. The maximum atomic E-state index is 14.5. The van der Waals surface area contributed by atoms with Gasteiger partial charge in [0.15, 0.2) is 0 Å². The Morgan fingerprint density at radius 3 is 2.10 bits per heavy atom. The second kappa shape index (κ2) is 16.2. The number of rotatable bonds is 14. The number of hydrogen-bond donors (Lipinski definition) is 1. The van der Waals surface area contributed by atoms with E-state index in [4.69, 9.17) is 11.6 Å². The van der Waals surface area contributed by atoms with Gasteiger partial charge in [-0.15, -0.1) is 0 Å². The number of amides is 2. The van der Waals surface area contributed by atoms with E-state index in [0.29, 0.717) is 28.9 Å². The molecule has 48 heavy (non-hydrogen) atoms. The molecule has 0 heterocycles. The van der Waals surface area contributed by atoms with Crippen molar-refractivity contribution in [2.45, 2.75) is 56.8 Å². The monoisotopic (exact) mass is 699 g/mol. The average molecular weight is 700 g/mol. The lowest BCUT2D eigenvalue weighted by atomic mass is 10.0. The molecule has 0 aliphatic rings. The number of alkyl halides is 3. The summed E-state index contributed by atoms with van der Waals surface area (Å²) in [6, 6.07) is 24.6. The summed E-state index contributed by atoms with van der Waals surface area (Å²) in [5, 5.41) is 2.59. The van der Waals surface area contributed by atoms with E-state index in [-0.39, 0.29) is 22.9 Å². The molecule has 0 saturated heterocycles. The van der Waals surface area contributed by atoms with Crippen LogP contribution in [0.5, 0.6) is 0 Å². The Labute approximate surface area is 284 Å². The lowest BCUT2D eigenvalue weighted by molar-refractivity contribution is -0.140. The molecule has 0 unspecified atom stereocenters. The van der Waals surface area contributed by atoms with E-state index in [9.17, 15) is 31.2 Å². The molecule has 4 rings (SSSR count). The smallest absolute Gasteiger partial charge is 0.354 e. The largest absolute Gasteiger partial charge is 0.416 e. The quantitative estimate of drug-likeness (QED) is 0.139. The third-order valence-electron chi connectivity index (χ3n) is 7.73. The fraction of sp³-hybridized carbons (Fsp3) is 0.278. The number of benzene rings is 4. The molecule has 7 nitrogen and oxygen atoms in total. The fourth-order valence-electron chi connectivity index (χ4n) is 5.06. The van der Waals surface area contributed by atoms with Crippen molar-refractivity contribution in [1.82, 2.24) is 10.2 Å². The minimum absolute atomic E-state index is 0.0760. The highest BCUT2D eigenvalue weighted by molar-refractivity contribution is 7.92. The first-order chi connectivity index (χ1) is 22.8. The lowest BCUT2D eigenvalue weighted by Gasteiger charge is -2.34. The Hall–Kier alpha value is -4.35. The molecule has 254 valence electrons. The number of hydrogen-bond acceptors (Lipinski definition) is 4. The van der Waals surface area contributed by atoms with E-state index in [1.807, 2.05) is 44.2 Å². The zero-order valence-electron chi connectivity index (χ0n) is 26.6. The summed E-state index contributed by atoms with van der Waals surface area (Å²) in [6.45, 7) is 3.23. The highest BCUT2D eigenvalue weighted by atomic mass is 35.5. The molecule has 12 heteroatoms. The van der Waals surface area contributed by atoms with Crippen molar-refractivity contribution in [3.63, 3.8) is 0 Å². The summed E-state index contributed by atoms with van der Waals surface area (Å²) in [5.41, 5.74) is 0.726. The first-order valence-corrected chi connectivity index (χ1v) is 17.2. The van der Waals surface area contributed by atoms with Crippen LogP contribution >= 0.6 is 11.6 Å². The first-order valence-electron chi connectivity index (χ1n) is 15.4. The van der Waals surface area contributed by atoms with Gasteiger partial charge in [-0.25, -0.2) is 8.42 Å². The molecule has 1 N–H and O–H groups in total. The van der Waals surface area contributed by atoms with Crippen molar-refractivity contribution in [1.29, 1.82) is 0 Å². The van der Waals surface area contributed by atoms with E-state index in [0.717, 1.165) is 29.7 Å². The minimum Gasteiger partial charge on any atom is -0.354 e. The summed E-state index contributed by atoms with van der Waals surface area (Å²) >= 11 is 6.37. The van der Waals surface area contributed by atoms with Crippen LogP contribution < -0.4 is 9.62 Å². The van der Waals surface area contributed by atoms with Gasteiger partial charge in [-0.3, -0.25) is 13.9 Å². The molecular formula is C36H37ClF3N3O4S. The standard InChI is InChI=1S/C36H37ClF3N3O4S/c1-3-4-21-41-35(45)33(22-27-11-7-5-8-12-27)42(24-28-17-15-26(2)16-18-28)34(44)25-43(48(46,47)30-13-9-6-10-14-30)32-23-29(36(38,39)40)19-20-31(32)37/h5-20,23,33H,3-4,21-22,24-25H2,1-2H3,(H,41,45)/t33-/m0/s1. The van der Waals surface area contributed by atoms with Crippen LogP contribution in [-0.2, 0) is 38.8 Å². The summed E-state index contributed by atoms with van der Waals surface area (Å²) in [4.78, 5) is 29.4. The highest BCUT2D eigenvalue weighted by Gasteiger charge is 2.37. The number of unbranched alkanes of at least 4 members (excludes halogenated alkanes) is 1. The summed E-state index contributed by atoms with van der Waals surface area (Å²) in [5.74, 6) is -1.25. The van der Waals surface area contributed by atoms with Crippen LogP contribution in [0.2, 0.25) is 5.02 Å². The summed E-state index contributed by atoms with van der Waals surface area (Å²) in [6.07, 6.45) is -3.20. The van der Waals surface area contributed by atoms with Gasteiger partial charge < -0.3 is 10.2 Å². The topological polar surface area (TPSA) is 86.8 Å². The minimum atomic E-state index is -4.82. The molecular weight excluding hydrogens is 663 g/mol. The number of sulfonamides is 1. The van der Waals surface area contributed by atoms with Crippen molar-refractivity contribution in [2.24, 2.45) is 0 Å². The second-order valence-corrected chi connectivity index (χ2v) is 13.6. The maximum absolute atomic E-state index is 14.5. The van der Waals surface area contributed by atoms with Crippen molar-refractivity contribution in [3.8, 4) is 0 Å². The van der Waals surface area contributed by atoms with E-state index >= 15 is 0 Å². The van der Waals surface area contributed by atoms with Crippen LogP contribution in [-0.4, -0.2) is 44.3 Å². The summed E-state index contributed by atoms with van der Waals surface area (Å²) < 4.78 is 70.3. The third kappa shape index (κ3) is 9.38. The Bertz CT molecular complexity index is 1790. The Morgan fingerprint density at radius 1 is 0.875 bits per heavy atom. The number of carbonyl (C=O) groups is 2. The van der Waals surface area contributed by atoms with Crippen molar-refractivity contribution < 1.29 is 31.2 Å². The molecule has 2 amide bonds. The van der Waals surface area contributed by atoms with Crippen LogP contribution in [0.1, 0.15) is 42.0 Å². The van der Waals surface area contributed by atoms with Gasteiger partial charge in [0, 0.05) is 19.5 Å². The third-order valence-corrected chi connectivity index (χ3v) is 9.82. The van der Waals surface area contributed by atoms with E-state index in [1.54, 1.807) is 30.3 Å². The molecule has 0 saturated carbocycles. The number of nitrogens with zero attached hydrogens (tertiary/aromatic N) is 2. The van der Waals surface area contributed by atoms with Gasteiger partial charge in [-0.2, -0.15) is 13.2 Å². The number of carbonyl (C=O) groups excluding carboxylic acids is 2. The predicted molar refractivity (Wildman–Crippen MR) is 181 cm³/mol. The number of anilines is 1. The van der Waals surface area contributed by atoms with Gasteiger partial charge in [0.1, 0.15) is 12.6 Å². The van der Waals surface area contributed by atoms with Gasteiger partial charge in [0.05, 0.1) is 21.2 Å². The van der Waals surface area contributed by atoms with Crippen molar-refractivity contribution >= 4 is 39.1 Å². The predicted octanol–water partition coefficient (Wildman–Crippen LogP) is 7.42. The Balaban J connectivity index is 1.85. The molecule has 0 radical (unpaired) electrons. The van der Waals surface area contributed by atoms with Gasteiger partial charge >= 0.3 is 6.18 Å². The van der Waals surface area contributed by atoms with E-state index < -0.39 is 51.9 Å². The van der Waals surface area contributed by atoms with Gasteiger partial charge in [0.2, 0.25) is 11.8 Å². The molecule has 0 aromatic heterocycles. The van der Waals surface area contributed by atoms with Gasteiger partial charge in [-0.1, -0.05) is 103 Å². The summed E-state index contributed by atoms with van der Waals surface area (Å²) in [7, 11) is -4.63. The van der Waals surface area contributed by atoms with E-state index in [1.165, 1.54) is 29.2 Å². The number of aryl methyl sites for hydroxylation is 1. The maximum Gasteiger partial charge on any atom is 0.416 e. The number of halogens is 4. The average Bonchev–Trinajstić information content (AvgIpc) is 3.06. The molecule has 1 atom stereocenters. The van der Waals surface area contributed by atoms with Crippen molar-refractivity contribution in [3.05, 3.63) is 130 Å². The highest BCUT2D eigenvalue weighted by Crippen LogP contribution is 2.37. The molecule has 0 aliphatic heterocycles. The molecule has 4 aromatic carbocycles. The van der Waals surface area contributed by atoms with Gasteiger partial charge in [-0.05, 0) is 54.8 Å². The Kier molecular flexibility index (Phi) is 12.3. The Morgan fingerprint density at radius 2 is 1.50 bits per heavy atom. The molecule has 0 spiro atoms. The molecule has 0 aliphatic carbocycles. The lowest BCUT2D eigenvalue weighted by Crippen LogP contribution is -2.53. The number of nitrogens with one attached hydrogen (secondary N) is 1. The van der Waals surface area contributed by atoms with Crippen molar-refractivity contribution in [2.75, 3.05) is 17.4 Å². The van der Waals surface area contributed by atoms with Gasteiger partial charge in [0.25, 0.3) is 10.0 Å². The second-order valence-electron chi connectivity index (χ2n) is 11.3. The zero-order valence-corrected chi connectivity index (χ0v) is 28.2. The normalized spacial score (nSPS) is 12.3. The van der Waals surface area contributed by atoms with Crippen LogP contribution in [0.4, 0.5) is 18.9 Å². The van der Waals surface area contributed by atoms with Crippen LogP contribution in [0.25, 0.3) is 0 Å². The molecule has 0 fully saturated rings. The first kappa shape index (κ1) is 36.5. The zero-order chi connectivity index (χ0) is 34.9. The van der Waals surface area contributed by atoms with Crippen LogP contribution in [0.15, 0.2) is 108 Å². The van der Waals surface area contributed by atoms with Crippen LogP contribution in [0.3, 0.4) is 0 Å². The molecule has 0 bridgehead atoms. The van der Waals surface area contributed by atoms with Crippen LogP contribution in [0, 0.1) is 6.92 Å². The van der Waals surface area contributed by atoms with E-state index in [2.05, 4.69) is 5.32 Å². The SMILES string of the molecule is CCCCNC(=O)[C@H](Cc1ccccc1)N(Cc1ccc(C)cc1)C(=O)CN(c1cc(C(F)(F)F)ccc1Cl)S(=O)(=O)c1ccccc1.